The maximum Gasteiger partial charge on any atom is 0.252 e. The molecule has 3 N–H and O–H groups in total. The van der Waals surface area contributed by atoms with Gasteiger partial charge in [-0.2, -0.15) is 0 Å². The minimum atomic E-state index is -0.649. The van der Waals surface area contributed by atoms with E-state index in [-0.39, 0.29) is 17.5 Å². The Hall–Kier alpha value is -3.74. The molecule has 1 saturated carbocycles. The topological polar surface area (TPSA) is 83.1 Å². The smallest absolute Gasteiger partial charge is 0.252 e. The zero-order chi connectivity index (χ0) is 23.9. The summed E-state index contributed by atoms with van der Waals surface area (Å²) in [7, 11) is 0. The van der Waals surface area contributed by atoms with E-state index in [9.17, 15) is 14.0 Å². The Bertz CT molecular complexity index is 1160. The van der Waals surface area contributed by atoms with Crippen LogP contribution in [0, 0.1) is 18.7 Å². The van der Waals surface area contributed by atoms with Crippen LogP contribution in [0.25, 0.3) is 0 Å². The van der Waals surface area contributed by atoms with Gasteiger partial charge >= 0.3 is 0 Å². The molecule has 3 aromatic rings. The van der Waals surface area contributed by atoms with Crippen molar-refractivity contribution in [2.24, 2.45) is 5.92 Å². The van der Waals surface area contributed by atoms with Crippen LogP contribution >= 0.6 is 0 Å². The van der Waals surface area contributed by atoms with Crippen LogP contribution in [0.1, 0.15) is 48.0 Å². The molecule has 2 aromatic carbocycles. The van der Waals surface area contributed by atoms with Gasteiger partial charge in [-0.05, 0) is 55.2 Å². The van der Waals surface area contributed by atoms with E-state index < -0.39 is 11.9 Å². The molecule has 1 fully saturated rings. The Kier molecular flexibility index (Phi) is 7.52. The van der Waals surface area contributed by atoms with Crippen molar-refractivity contribution in [1.82, 2.24) is 10.3 Å². The number of pyridine rings is 1. The van der Waals surface area contributed by atoms with Crippen LogP contribution in [0.2, 0.25) is 0 Å². The number of anilines is 3. The summed E-state index contributed by atoms with van der Waals surface area (Å²) >= 11 is 0. The van der Waals surface area contributed by atoms with Crippen LogP contribution < -0.4 is 16.0 Å². The fraction of sp³-hybridized carbons (Fsp3) is 0.296. The molecule has 4 rings (SSSR count). The van der Waals surface area contributed by atoms with E-state index in [1.165, 1.54) is 12.3 Å². The molecule has 34 heavy (non-hydrogen) atoms. The van der Waals surface area contributed by atoms with Gasteiger partial charge in [0.05, 0.1) is 11.9 Å². The quantitative estimate of drug-likeness (QED) is 0.409. The fourth-order valence-electron chi connectivity index (χ4n) is 4.36. The second-order valence-electron chi connectivity index (χ2n) is 8.78. The maximum absolute atomic E-state index is 13.9. The average molecular weight is 461 g/mol. The van der Waals surface area contributed by atoms with Gasteiger partial charge in [0.25, 0.3) is 5.91 Å². The van der Waals surface area contributed by atoms with E-state index in [2.05, 4.69) is 20.9 Å². The van der Waals surface area contributed by atoms with Gasteiger partial charge in [0.15, 0.2) is 5.82 Å². The van der Waals surface area contributed by atoms with Crippen LogP contribution in [0.5, 0.6) is 0 Å². The third kappa shape index (κ3) is 5.98. The van der Waals surface area contributed by atoms with E-state index in [1.807, 2.05) is 31.2 Å². The van der Waals surface area contributed by atoms with Gasteiger partial charge in [0.2, 0.25) is 5.91 Å². The van der Waals surface area contributed by atoms with Crippen LogP contribution in [0.15, 0.2) is 67.0 Å². The summed E-state index contributed by atoms with van der Waals surface area (Å²) in [5.74, 6) is -0.637. The Balaban J connectivity index is 1.49. The molecule has 1 atom stereocenters. The maximum atomic E-state index is 13.9. The molecule has 1 aromatic heterocycles. The predicted octanol–water partition coefficient (Wildman–Crippen LogP) is 5.59. The summed E-state index contributed by atoms with van der Waals surface area (Å²) in [5.41, 5.74) is 2.92. The number of para-hydroxylation sites is 1. The van der Waals surface area contributed by atoms with Crippen molar-refractivity contribution in [2.75, 3.05) is 10.6 Å². The molecule has 0 bridgehead atoms. The first-order valence-corrected chi connectivity index (χ1v) is 11.6. The van der Waals surface area contributed by atoms with E-state index in [0.29, 0.717) is 23.6 Å². The van der Waals surface area contributed by atoms with Crippen molar-refractivity contribution in [2.45, 2.75) is 45.1 Å². The monoisotopic (exact) mass is 460 g/mol. The van der Waals surface area contributed by atoms with E-state index in [0.717, 1.165) is 43.1 Å². The van der Waals surface area contributed by atoms with Crippen LogP contribution in [-0.4, -0.2) is 22.8 Å². The number of carbonyl (C=O) groups is 2. The first kappa shape index (κ1) is 23.4. The lowest BCUT2D eigenvalue weighted by molar-refractivity contribution is -0.118. The SMILES string of the molecule is Cc1ccccc1NC(=O)[C@H](CC1CCCC1)NC(=O)c1cccc(Nc2ccncc2F)c1. The highest BCUT2D eigenvalue weighted by Gasteiger charge is 2.27. The fourth-order valence-corrected chi connectivity index (χ4v) is 4.36. The van der Waals surface area contributed by atoms with E-state index in [4.69, 9.17) is 0 Å². The zero-order valence-electron chi connectivity index (χ0n) is 19.2. The molecule has 0 radical (unpaired) electrons. The highest BCUT2D eigenvalue weighted by atomic mass is 19.1. The lowest BCUT2D eigenvalue weighted by Crippen LogP contribution is -2.44. The number of benzene rings is 2. The molecule has 0 spiro atoms. The lowest BCUT2D eigenvalue weighted by Gasteiger charge is -2.22. The Morgan fingerprint density at radius 1 is 1.06 bits per heavy atom. The van der Waals surface area contributed by atoms with Crippen LogP contribution in [0.3, 0.4) is 0 Å². The number of carbonyl (C=O) groups excluding carboxylic acids is 2. The minimum absolute atomic E-state index is 0.220. The number of hydrogen-bond donors (Lipinski definition) is 3. The average Bonchev–Trinajstić information content (AvgIpc) is 3.35. The number of nitrogens with zero attached hydrogens (tertiary/aromatic N) is 1. The number of aromatic nitrogens is 1. The van der Waals surface area contributed by atoms with Gasteiger partial charge in [-0.3, -0.25) is 14.6 Å². The largest absolute Gasteiger partial charge is 0.353 e. The predicted molar refractivity (Wildman–Crippen MR) is 132 cm³/mol. The first-order chi connectivity index (χ1) is 16.5. The van der Waals surface area contributed by atoms with Gasteiger partial charge in [0.1, 0.15) is 6.04 Å². The second-order valence-corrected chi connectivity index (χ2v) is 8.78. The van der Waals surface area contributed by atoms with Crippen molar-refractivity contribution in [3.8, 4) is 0 Å². The third-order valence-corrected chi connectivity index (χ3v) is 6.24. The number of amides is 2. The van der Waals surface area contributed by atoms with Crippen LogP contribution in [-0.2, 0) is 4.79 Å². The zero-order valence-corrected chi connectivity index (χ0v) is 19.2. The van der Waals surface area contributed by atoms with E-state index in [1.54, 1.807) is 24.3 Å². The third-order valence-electron chi connectivity index (χ3n) is 6.24. The Labute approximate surface area is 199 Å². The number of aryl methyl sites for hydroxylation is 1. The second kappa shape index (κ2) is 10.9. The number of halogens is 1. The Morgan fingerprint density at radius 2 is 1.85 bits per heavy atom. The van der Waals surface area contributed by atoms with Gasteiger partial charge in [-0.1, -0.05) is 49.9 Å². The molecule has 1 aliphatic carbocycles. The van der Waals surface area contributed by atoms with Gasteiger partial charge in [-0.15, -0.1) is 0 Å². The molecule has 2 amide bonds. The molecule has 6 nitrogen and oxygen atoms in total. The molecular weight excluding hydrogens is 431 g/mol. The molecule has 0 unspecified atom stereocenters. The summed E-state index contributed by atoms with van der Waals surface area (Å²) in [6.07, 6.45) is 7.67. The van der Waals surface area contributed by atoms with Gasteiger partial charge in [0, 0.05) is 23.1 Å². The Morgan fingerprint density at radius 3 is 2.62 bits per heavy atom. The summed E-state index contributed by atoms with van der Waals surface area (Å²) in [6, 6.07) is 15.2. The molecule has 7 heteroatoms. The standard InChI is InChI=1S/C27H29FN4O2/c1-18-7-2-5-12-23(18)31-27(34)25(15-19-8-3-4-9-19)32-26(33)20-10-6-11-21(16-20)30-24-13-14-29-17-22(24)28/h2,5-7,10-14,16-17,19,25H,3-4,8-9,15H2,1H3,(H,29,30)(H,31,34)(H,32,33)/t25-/m0/s1. The van der Waals surface area contributed by atoms with E-state index >= 15 is 0 Å². The first-order valence-electron chi connectivity index (χ1n) is 11.6. The molecule has 176 valence electrons. The molecule has 0 aliphatic heterocycles. The van der Waals surface area contributed by atoms with Crippen molar-refractivity contribution < 1.29 is 14.0 Å². The summed E-state index contributed by atoms with van der Waals surface area (Å²) in [5, 5.41) is 8.88. The number of nitrogens with one attached hydrogen (secondary N) is 3. The number of rotatable bonds is 8. The molecular formula is C27H29FN4O2. The molecule has 0 saturated heterocycles. The number of hydrogen-bond acceptors (Lipinski definition) is 4. The lowest BCUT2D eigenvalue weighted by atomic mass is 9.97. The van der Waals surface area contributed by atoms with Crippen molar-refractivity contribution >= 4 is 28.9 Å². The van der Waals surface area contributed by atoms with Crippen molar-refractivity contribution in [1.29, 1.82) is 0 Å². The van der Waals surface area contributed by atoms with Crippen LogP contribution in [0.4, 0.5) is 21.5 Å². The highest BCUT2D eigenvalue weighted by molar-refractivity contribution is 6.01. The highest BCUT2D eigenvalue weighted by Crippen LogP contribution is 2.29. The summed E-state index contributed by atoms with van der Waals surface area (Å²) < 4.78 is 13.9. The summed E-state index contributed by atoms with van der Waals surface area (Å²) in [6.45, 7) is 1.93. The van der Waals surface area contributed by atoms with Gasteiger partial charge in [-0.25, -0.2) is 4.39 Å². The summed E-state index contributed by atoms with van der Waals surface area (Å²) in [4.78, 5) is 30.0. The normalized spacial score (nSPS) is 14.4. The molecule has 1 heterocycles. The minimum Gasteiger partial charge on any atom is -0.353 e. The van der Waals surface area contributed by atoms with Gasteiger partial charge < -0.3 is 16.0 Å². The van der Waals surface area contributed by atoms with Crippen molar-refractivity contribution in [3.63, 3.8) is 0 Å². The van der Waals surface area contributed by atoms with Crippen molar-refractivity contribution in [3.05, 3.63) is 83.9 Å². The molecule has 1 aliphatic rings.